The molecule has 0 aromatic carbocycles. The highest BCUT2D eigenvalue weighted by Crippen LogP contribution is 2.17. The number of alkyl halides is 3. The van der Waals surface area contributed by atoms with Gasteiger partial charge in [0.25, 0.3) is 5.91 Å². The molecule has 0 atom stereocenters. The summed E-state index contributed by atoms with van der Waals surface area (Å²) in [6, 6.07) is 2.31. The van der Waals surface area contributed by atoms with Gasteiger partial charge in [-0.3, -0.25) is 9.59 Å². The molecule has 1 N–H and O–H groups in total. The summed E-state index contributed by atoms with van der Waals surface area (Å²) in [6.45, 7) is -1.97. The van der Waals surface area contributed by atoms with Crippen molar-refractivity contribution in [2.45, 2.75) is 6.18 Å². The van der Waals surface area contributed by atoms with Crippen molar-refractivity contribution in [1.82, 2.24) is 9.88 Å². The van der Waals surface area contributed by atoms with Crippen LogP contribution in [0.3, 0.4) is 0 Å². The Hall–Kier alpha value is -2.32. The molecular formula is C11H11F3N2O4. The SMILES string of the molecule is CN(CC(=O)O)C(=O)c1ccc(OCC(F)(F)F)nc1. The second-order valence-corrected chi connectivity index (χ2v) is 3.84. The van der Waals surface area contributed by atoms with Crippen molar-refractivity contribution in [3.8, 4) is 5.88 Å². The van der Waals surface area contributed by atoms with E-state index in [0.29, 0.717) is 0 Å². The van der Waals surface area contributed by atoms with Crippen molar-refractivity contribution in [3.05, 3.63) is 23.9 Å². The molecule has 6 nitrogen and oxygen atoms in total. The number of halogens is 3. The van der Waals surface area contributed by atoms with E-state index < -0.39 is 31.2 Å². The van der Waals surface area contributed by atoms with Gasteiger partial charge in [0.05, 0.1) is 5.56 Å². The maximum Gasteiger partial charge on any atom is 0.422 e. The highest BCUT2D eigenvalue weighted by molar-refractivity contribution is 5.95. The summed E-state index contributed by atoms with van der Waals surface area (Å²) in [4.78, 5) is 26.6. The van der Waals surface area contributed by atoms with E-state index in [0.717, 1.165) is 17.2 Å². The quantitative estimate of drug-likeness (QED) is 0.881. The molecule has 1 aromatic heterocycles. The zero-order chi connectivity index (χ0) is 15.3. The van der Waals surface area contributed by atoms with Crippen LogP contribution in [0.2, 0.25) is 0 Å². The fourth-order valence-electron chi connectivity index (χ4n) is 1.24. The van der Waals surface area contributed by atoms with Crippen molar-refractivity contribution in [1.29, 1.82) is 0 Å². The molecular weight excluding hydrogens is 281 g/mol. The van der Waals surface area contributed by atoms with Gasteiger partial charge in [-0.1, -0.05) is 0 Å². The number of ether oxygens (including phenoxy) is 1. The lowest BCUT2D eigenvalue weighted by Gasteiger charge is -2.14. The second kappa shape index (κ2) is 6.22. The zero-order valence-electron chi connectivity index (χ0n) is 10.3. The van der Waals surface area contributed by atoms with E-state index in [9.17, 15) is 22.8 Å². The number of carboxylic acid groups (broad SMARTS) is 1. The van der Waals surface area contributed by atoms with Gasteiger partial charge in [-0.2, -0.15) is 13.2 Å². The Kier molecular flexibility index (Phi) is 4.89. The first kappa shape index (κ1) is 15.7. The van der Waals surface area contributed by atoms with Gasteiger partial charge in [-0.25, -0.2) is 4.98 Å². The van der Waals surface area contributed by atoms with Gasteiger partial charge in [0, 0.05) is 19.3 Å². The molecule has 0 aliphatic carbocycles. The van der Waals surface area contributed by atoms with Crippen molar-refractivity contribution >= 4 is 11.9 Å². The molecule has 1 rings (SSSR count). The van der Waals surface area contributed by atoms with Crippen LogP contribution in [0.1, 0.15) is 10.4 Å². The highest BCUT2D eigenvalue weighted by atomic mass is 19.4. The molecule has 1 heterocycles. The van der Waals surface area contributed by atoms with Gasteiger partial charge in [-0.05, 0) is 6.07 Å². The molecule has 1 amide bonds. The van der Waals surface area contributed by atoms with Crippen LogP contribution in [0.5, 0.6) is 5.88 Å². The number of carbonyl (C=O) groups is 2. The predicted molar refractivity (Wildman–Crippen MR) is 60.4 cm³/mol. The smallest absolute Gasteiger partial charge is 0.422 e. The molecule has 0 fully saturated rings. The van der Waals surface area contributed by atoms with E-state index in [1.807, 2.05) is 0 Å². The number of carboxylic acids is 1. The van der Waals surface area contributed by atoms with Gasteiger partial charge < -0.3 is 14.7 Å². The average molecular weight is 292 g/mol. The van der Waals surface area contributed by atoms with Crippen molar-refractivity contribution < 1.29 is 32.6 Å². The Morgan fingerprint density at radius 2 is 2.05 bits per heavy atom. The van der Waals surface area contributed by atoms with Crippen LogP contribution in [-0.4, -0.2) is 53.2 Å². The lowest BCUT2D eigenvalue weighted by atomic mass is 10.2. The number of hydrogen-bond acceptors (Lipinski definition) is 4. The molecule has 0 saturated carbocycles. The summed E-state index contributed by atoms with van der Waals surface area (Å²) >= 11 is 0. The standard InChI is InChI=1S/C11H11F3N2O4/c1-16(5-9(17)18)10(19)7-2-3-8(15-4-7)20-6-11(12,13)14/h2-4H,5-6H2,1H3,(H,17,18). The van der Waals surface area contributed by atoms with Crippen LogP contribution in [0.15, 0.2) is 18.3 Å². The third-order valence-corrected chi connectivity index (χ3v) is 2.09. The largest absolute Gasteiger partial charge is 0.480 e. The number of aliphatic carboxylic acids is 1. The summed E-state index contributed by atoms with van der Waals surface area (Å²) < 4.78 is 40.1. The van der Waals surface area contributed by atoms with Crippen LogP contribution in [-0.2, 0) is 4.79 Å². The molecule has 0 bridgehead atoms. The molecule has 0 saturated heterocycles. The minimum atomic E-state index is -4.47. The lowest BCUT2D eigenvalue weighted by molar-refractivity contribution is -0.154. The van der Waals surface area contributed by atoms with Crippen LogP contribution < -0.4 is 4.74 Å². The maximum atomic E-state index is 11.9. The Morgan fingerprint density at radius 3 is 2.50 bits per heavy atom. The minimum absolute atomic E-state index is 0.0492. The van der Waals surface area contributed by atoms with Gasteiger partial charge in [-0.15, -0.1) is 0 Å². The lowest BCUT2D eigenvalue weighted by Crippen LogP contribution is -2.32. The summed E-state index contributed by atoms with van der Waals surface area (Å²) in [6.07, 6.45) is -3.45. The molecule has 0 spiro atoms. The van der Waals surface area contributed by atoms with Gasteiger partial charge in [0.15, 0.2) is 6.61 Å². The molecule has 1 aromatic rings. The molecule has 0 radical (unpaired) electrons. The minimum Gasteiger partial charge on any atom is -0.480 e. The van der Waals surface area contributed by atoms with E-state index in [2.05, 4.69) is 9.72 Å². The highest BCUT2D eigenvalue weighted by Gasteiger charge is 2.28. The Labute approximate surface area is 111 Å². The first-order valence-corrected chi connectivity index (χ1v) is 5.32. The number of hydrogen-bond donors (Lipinski definition) is 1. The van der Waals surface area contributed by atoms with Gasteiger partial charge in [0.2, 0.25) is 5.88 Å². The van der Waals surface area contributed by atoms with E-state index in [4.69, 9.17) is 5.11 Å². The summed E-state index contributed by atoms with van der Waals surface area (Å²) in [5.41, 5.74) is 0.0492. The third kappa shape index (κ3) is 5.12. The van der Waals surface area contributed by atoms with Crippen molar-refractivity contribution in [2.24, 2.45) is 0 Å². The Bertz CT molecular complexity index is 487. The Balaban J connectivity index is 2.66. The van der Waals surface area contributed by atoms with Gasteiger partial charge >= 0.3 is 12.1 Å². The van der Waals surface area contributed by atoms with E-state index in [1.54, 1.807) is 0 Å². The van der Waals surface area contributed by atoms with E-state index in [1.165, 1.54) is 13.1 Å². The summed E-state index contributed by atoms with van der Waals surface area (Å²) in [7, 11) is 1.28. The summed E-state index contributed by atoms with van der Waals surface area (Å²) in [5.74, 6) is -2.07. The van der Waals surface area contributed by atoms with E-state index in [-0.39, 0.29) is 11.4 Å². The molecule has 0 aliphatic heterocycles. The van der Waals surface area contributed by atoms with Crippen LogP contribution >= 0.6 is 0 Å². The Morgan fingerprint density at radius 1 is 1.40 bits per heavy atom. The number of carbonyl (C=O) groups excluding carboxylic acids is 1. The predicted octanol–water partition coefficient (Wildman–Crippen LogP) is 1.18. The fourth-order valence-corrected chi connectivity index (χ4v) is 1.24. The molecule has 0 aliphatic rings. The molecule has 0 unspecified atom stereocenters. The second-order valence-electron chi connectivity index (χ2n) is 3.84. The fraction of sp³-hybridized carbons (Fsp3) is 0.364. The van der Waals surface area contributed by atoms with E-state index >= 15 is 0 Å². The molecule has 9 heteroatoms. The number of pyridine rings is 1. The normalized spacial score (nSPS) is 11.0. The third-order valence-electron chi connectivity index (χ3n) is 2.09. The number of aromatic nitrogens is 1. The number of likely N-dealkylation sites (N-methyl/N-ethyl adjacent to an activating group) is 1. The topological polar surface area (TPSA) is 79.7 Å². The molecule has 110 valence electrons. The summed E-state index contributed by atoms with van der Waals surface area (Å²) in [5, 5.41) is 8.53. The van der Waals surface area contributed by atoms with Crippen LogP contribution in [0.4, 0.5) is 13.2 Å². The first-order chi connectivity index (χ1) is 9.19. The van der Waals surface area contributed by atoms with Crippen molar-refractivity contribution in [3.63, 3.8) is 0 Å². The number of amides is 1. The first-order valence-electron chi connectivity index (χ1n) is 5.32. The van der Waals surface area contributed by atoms with Crippen LogP contribution in [0.25, 0.3) is 0 Å². The van der Waals surface area contributed by atoms with Crippen molar-refractivity contribution in [2.75, 3.05) is 20.2 Å². The maximum absolute atomic E-state index is 11.9. The van der Waals surface area contributed by atoms with Crippen LogP contribution in [0, 0.1) is 0 Å². The number of nitrogens with zero attached hydrogens (tertiary/aromatic N) is 2. The number of rotatable bonds is 5. The van der Waals surface area contributed by atoms with Gasteiger partial charge in [0.1, 0.15) is 6.54 Å². The average Bonchev–Trinajstić information content (AvgIpc) is 2.34. The molecule has 20 heavy (non-hydrogen) atoms. The monoisotopic (exact) mass is 292 g/mol. The zero-order valence-corrected chi connectivity index (χ0v) is 10.3.